The number of benzene rings is 6. The molecule has 0 amide bonds. The fourth-order valence-electron chi connectivity index (χ4n) is 11.1. The number of esters is 2. The minimum absolute atomic E-state index is 0.0371. The van der Waals surface area contributed by atoms with Gasteiger partial charge in [-0.15, -0.1) is 0 Å². The van der Waals surface area contributed by atoms with E-state index in [-0.39, 0.29) is 23.2 Å². The highest BCUT2D eigenvalue weighted by Gasteiger charge is 2.32. The summed E-state index contributed by atoms with van der Waals surface area (Å²) in [5.41, 5.74) is 6.18. The average molecular weight is 931 g/mol. The highest BCUT2D eigenvalue weighted by atomic mass is 19.2. The Morgan fingerprint density at radius 1 is 0.493 bits per heavy atom. The van der Waals surface area contributed by atoms with Gasteiger partial charge in [0.25, 0.3) is 0 Å². The zero-order valence-electron chi connectivity index (χ0n) is 38.4. The van der Waals surface area contributed by atoms with Crippen molar-refractivity contribution in [3.63, 3.8) is 0 Å². The maximum absolute atomic E-state index is 14.9. The second-order valence-electron chi connectivity index (χ2n) is 18.9. The molecule has 2 fully saturated rings. The summed E-state index contributed by atoms with van der Waals surface area (Å²) in [5.74, 6) is -3.17. The molecule has 7 nitrogen and oxygen atoms in total. The molecule has 8 aromatic rings. The summed E-state index contributed by atoms with van der Waals surface area (Å²) in [6.07, 6.45) is 13.6. The second-order valence-corrected chi connectivity index (χ2v) is 18.9. The SMILES string of the molecule is O=C(OC(=O)c1ccc(CCC(C2CCCCC2)n2c(-c3ccccc3)nc3cc(F)c(F)cc32)cc1)c1ccc(CCC(C2CCCCC2)n2c(-c3ccccc3)nc3cc(F)c(F)cc32)cc1. The van der Waals surface area contributed by atoms with Crippen molar-refractivity contribution in [3.8, 4) is 22.8 Å². The fraction of sp³-hybridized carbons (Fsp3) is 0.310. The van der Waals surface area contributed by atoms with Crippen LogP contribution in [0, 0.1) is 35.1 Å². The molecule has 2 saturated carbocycles. The van der Waals surface area contributed by atoms with Crippen LogP contribution in [0.2, 0.25) is 0 Å². The number of hydrogen-bond acceptors (Lipinski definition) is 5. The molecule has 0 aliphatic heterocycles. The summed E-state index contributed by atoms with van der Waals surface area (Å²) in [6, 6.07) is 38.5. The molecule has 0 spiro atoms. The van der Waals surface area contributed by atoms with Gasteiger partial charge in [-0.3, -0.25) is 0 Å². The van der Waals surface area contributed by atoms with E-state index in [0.717, 1.165) is 73.6 Å². The molecule has 0 radical (unpaired) electrons. The Morgan fingerprint density at radius 2 is 0.855 bits per heavy atom. The van der Waals surface area contributed by atoms with Crippen molar-refractivity contribution in [1.82, 2.24) is 19.1 Å². The molecule has 10 rings (SSSR count). The zero-order chi connectivity index (χ0) is 47.4. The van der Waals surface area contributed by atoms with Gasteiger partial charge in [-0.1, -0.05) is 123 Å². The number of fused-ring (bicyclic) bond motifs is 2. The predicted octanol–water partition coefficient (Wildman–Crippen LogP) is 14.8. The number of ether oxygens (including phenoxy) is 1. The highest BCUT2D eigenvalue weighted by molar-refractivity contribution is 6.02. The van der Waals surface area contributed by atoms with Gasteiger partial charge in [-0.2, -0.15) is 0 Å². The Hall–Kier alpha value is -6.88. The van der Waals surface area contributed by atoms with E-state index in [0.29, 0.717) is 71.2 Å². The lowest BCUT2D eigenvalue weighted by Gasteiger charge is -2.33. The first kappa shape index (κ1) is 45.9. The smallest absolute Gasteiger partial charge is 0.346 e. The van der Waals surface area contributed by atoms with Crippen LogP contribution in [0.15, 0.2) is 133 Å². The van der Waals surface area contributed by atoms with E-state index in [9.17, 15) is 27.2 Å². The maximum atomic E-state index is 14.9. The Morgan fingerprint density at radius 3 is 1.23 bits per heavy atom. The summed E-state index contributed by atoms with van der Waals surface area (Å²) in [6.45, 7) is 0. The normalized spacial score (nSPS) is 15.7. The first-order chi connectivity index (χ1) is 33.7. The maximum Gasteiger partial charge on any atom is 0.346 e. The molecule has 2 unspecified atom stereocenters. The van der Waals surface area contributed by atoms with Crippen LogP contribution in [-0.2, 0) is 17.6 Å². The van der Waals surface area contributed by atoms with Crippen molar-refractivity contribution in [2.24, 2.45) is 11.8 Å². The summed E-state index contributed by atoms with van der Waals surface area (Å²) >= 11 is 0. The lowest BCUT2D eigenvalue weighted by molar-refractivity contribution is 0.0397. The van der Waals surface area contributed by atoms with Gasteiger partial charge in [0.15, 0.2) is 23.3 Å². The number of nitrogens with zero attached hydrogens (tertiary/aromatic N) is 4. The first-order valence-corrected chi connectivity index (χ1v) is 24.5. The van der Waals surface area contributed by atoms with Crippen molar-refractivity contribution in [1.29, 1.82) is 0 Å². The summed E-state index contributed by atoms with van der Waals surface area (Å²) in [5, 5.41) is 0. The first-order valence-electron chi connectivity index (χ1n) is 24.5. The monoisotopic (exact) mass is 930 g/mol. The van der Waals surface area contributed by atoms with Crippen LogP contribution < -0.4 is 0 Å². The molecule has 2 aliphatic rings. The van der Waals surface area contributed by atoms with Crippen LogP contribution in [-0.4, -0.2) is 31.0 Å². The van der Waals surface area contributed by atoms with Gasteiger partial charge in [-0.05, 0) is 98.6 Å². The van der Waals surface area contributed by atoms with Gasteiger partial charge >= 0.3 is 11.9 Å². The summed E-state index contributed by atoms with van der Waals surface area (Å²) in [7, 11) is 0. The number of aromatic nitrogens is 4. The predicted molar refractivity (Wildman–Crippen MR) is 261 cm³/mol. The highest BCUT2D eigenvalue weighted by Crippen LogP contribution is 2.43. The third-order valence-electron chi connectivity index (χ3n) is 14.6. The number of hydrogen-bond donors (Lipinski definition) is 0. The summed E-state index contributed by atoms with van der Waals surface area (Å²) in [4.78, 5) is 36.4. The van der Waals surface area contributed by atoms with Gasteiger partial charge in [0.05, 0.1) is 33.2 Å². The van der Waals surface area contributed by atoms with E-state index in [2.05, 4.69) is 9.13 Å². The van der Waals surface area contributed by atoms with Crippen LogP contribution in [0.1, 0.15) is 121 Å². The molecule has 0 saturated heterocycles. The summed E-state index contributed by atoms with van der Waals surface area (Å²) < 4.78 is 68.4. The van der Waals surface area contributed by atoms with Gasteiger partial charge in [-0.25, -0.2) is 37.1 Å². The minimum atomic E-state index is -0.926. The molecule has 11 heteroatoms. The zero-order valence-corrected chi connectivity index (χ0v) is 38.4. The lowest BCUT2D eigenvalue weighted by Crippen LogP contribution is -2.23. The topological polar surface area (TPSA) is 79.0 Å². The van der Waals surface area contributed by atoms with E-state index in [1.807, 2.05) is 84.9 Å². The molecule has 2 heterocycles. The van der Waals surface area contributed by atoms with E-state index in [4.69, 9.17) is 14.7 Å². The van der Waals surface area contributed by atoms with Gasteiger partial charge in [0.1, 0.15) is 11.6 Å². The molecular formula is C58H54F4N4O3. The third kappa shape index (κ3) is 9.87. The number of imidazole rings is 2. The van der Waals surface area contributed by atoms with Crippen molar-refractivity contribution < 1.29 is 31.9 Å². The average Bonchev–Trinajstić information content (AvgIpc) is 3.93. The number of rotatable bonds is 14. The molecule has 6 aromatic carbocycles. The molecule has 352 valence electrons. The Balaban J connectivity index is 0.819. The van der Waals surface area contributed by atoms with Crippen LogP contribution in [0.4, 0.5) is 17.6 Å². The Bertz CT molecular complexity index is 2880. The Labute approximate surface area is 399 Å². The van der Waals surface area contributed by atoms with Crippen LogP contribution in [0.25, 0.3) is 44.8 Å². The van der Waals surface area contributed by atoms with Gasteiger partial charge in [0.2, 0.25) is 0 Å². The van der Waals surface area contributed by atoms with Gasteiger partial charge in [0, 0.05) is 47.5 Å². The molecule has 2 aromatic heterocycles. The second kappa shape index (κ2) is 20.4. The van der Waals surface area contributed by atoms with E-state index >= 15 is 0 Å². The van der Waals surface area contributed by atoms with Crippen molar-refractivity contribution in [2.45, 2.75) is 102 Å². The van der Waals surface area contributed by atoms with Crippen LogP contribution >= 0.6 is 0 Å². The molecule has 0 N–H and O–H groups in total. The third-order valence-corrected chi connectivity index (χ3v) is 14.6. The molecular weight excluding hydrogens is 877 g/mol. The number of carbonyl (C=O) groups excluding carboxylic acids is 2. The van der Waals surface area contributed by atoms with Crippen molar-refractivity contribution in [2.75, 3.05) is 0 Å². The standard InChI is InChI=1S/C58H54F4N4O3/c59-45-33-49-53(35-47(45)61)65(55(63-49)41-17-9-3-10-18-41)51(39-13-5-1-6-14-39)31-25-37-21-27-43(28-22-37)57(67)69-58(68)44-29-23-38(24-30-44)26-32-52(40-15-7-2-8-16-40)66-54-36-48(62)46(60)34-50(54)64-56(66)42-19-11-4-12-20-42/h3-4,9-12,17-24,27-30,33-36,39-40,51-52H,1-2,5-8,13-16,25-26,31-32H2. The molecule has 2 atom stereocenters. The van der Waals surface area contributed by atoms with E-state index in [1.54, 1.807) is 24.3 Å². The lowest BCUT2D eigenvalue weighted by atomic mass is 9.81. The minimum Gasteiger partial charge on any atom is -0.386 e. The number of carbonyl (C=O) groups is 2. The molecule has 0 bridgehead atoms. The van der Waals surface area contributed by atoms with Crippen molar-refractivity contribution in [3.05, 3.63) is 179 Å². The largest absolute Gasteiger partial charge is 0.386 e. The van der Waals surface area contributed by atoms with E-state index in [1.165, 1.54) is 37.1 Å². The van der Waals surface area contributed by atoms with Crippen LogP contribution in [0.5, 0.6) is 0 Å². The number of aryl methyl sites for hydroxylation is 2. The Kier molecular flexibility index (Phi) is 13.5. The molecule has 2 aliphatic carbocycles. The van der Waals surface area contributed by atoms with E-state index < -0.39 is 35.2 Å². The van der Waals surface area contributed by atoms with Crippen molar-refractivity contribution >= 4 is 34.0 Å². The van der Waals surface area contributed by atoms with Crippen LogP contribution in [0.3, 0.4) is 0 Å². The molecule has 69 heavy (non-hydrogen) atoms. The number of halogens is 4. The quantitative estimate of drug-likeness (QED) is 0.0617. The fourth-order valence-corrected chi connectivity index (χ4v) is 11.1. The van der Waals surface area contributed by atoms with Gasteiger partial charge < -0.3 is 13.9 Å².